The molecule has 0 N–H and O–H groups in total. The molecule has 0 atom stereocenters. The minimum Gasteiger partial charge on any atom is -0.484 e. The smallest absolute Gasteiger partial charge is 0.174 e. The molecule has 0 aliphatic carbocycles. The van der Waals surface area contributed by atoms with Gasteiger partial charge in [0.2, 0.25) is 0 Å². The molecule has 2 nitrogen and oxygen atoms in total. The standard InChI is InChI=1S/C8H10O2S/c1-3-10-8-4-7(5-11-8)6(2)9/h4-5H,3H2,1-2H3. The average molecular weight is 170 g/mol. The highest BCUT2D eigenvalue weighted by atomic mass is 32.1. The molecule has 11 heavy (non-hydrogen) atoms. The van der Waals surface area contributed by atoms with Gasteiger partial charge >= 0.3 is 0 Å². The molecule has 1 rings (SSSR count). The molecule has 1 aromatic rings. The van der Waals surface area contributed by atoms with Crippen molar-refractivity contribution in [1.82, 2.24) is 0 Å². The summed E-state index contributed by atoms with van der Waals surface area (Å²) in [5.74, 6) is 0.0900. The fourth-order valence-electron chi connectivity index (χ4n) is 0.719. The summed E-state index contributed by atoms with van der Waals surface area (Å²) in [5, 5.41) is 2.63. The summed E-state index contributed by atoms with van der Waals surface area (Å²) >= 11 is 1.46. The van der Waals surface area contributed by atoms with Gasteiger partial charge in [0.1, 0.15) is 0 Å². The highest BCUT2D eigenvalue weighted by Gasteiger charge is 2.02. The van der Waals surface area contributed by atoms with E-state index >= 15 is 0 Å². The number of carbonyl (C=O) groups is 1. The average Bonchev–Trinajstić information content (AvgIpc) is 2.37. The van der Waals surface area contributed by atoms with Gasteiger partial charge in [0.25, 0.3) is 0 Å². The van der Waals surface area contributed by atoms with Gasteiger partial charge in [0, 0.05) is 17.0 Å². The zero-order valence-corrected chi connectivity index (χ0v) is 7.40. The Morgan fingerprint density at radius 3 is 2.91 bits per heavy atom. The molecule has 0 amide bonds. The third-order valence-corrected chi connectivity index (χ3v) is 2.11. The van der Waals surface area contributed by atoms with Crippen LogP contribution in [-0.2, 0) is 0 Å². The molecule has 0 bridgehead atoms. The van der Waals surface area contributed by atoms with Crippen molar-refractivity contribution in [2.24, 2.45) is 0 Å². The third-order valence-electron chi connectivity index (χ3n) is 1.27. The summed E-state index contributed by atoms with van der Waals surface area (Å²) in [6.07, 6.45) is 0. The van der Waals surface area contributed by atoms with E-state index in [0.29, 0.717) is 6.61 Å². The monoisotopic (exact) mass is 170 g/mol. The predicted molar refractivity (Wildman–Crippen MR) is 45.5 cm³/mol. The molecule has 1 aromatic heterocycles. The molecule has 60 valence electrons. The molecule has 0 saturated heterocycles. The zero-order valence-electron chi connectivity index (χ0n) is 6.59. The third kappa shape index (κ3) is 2.05. The SMILES string of the molecule is CCOc1cc(C(C)=O)cs1. The number of rotatable bonds is 3. The van der Waals surface area contributed by atoms with Crippen molar-refractivity contribution < 1.29 is 9.53 Å². The van der Waals surface area contributed by atoms with Gasteiger partial charge in [-0.2, -0.15) is 0 Å². The largest absolute Gasteiger partial charge is 0.484 e. The van der Waals surface area contributed by atoms with E-state index < -0.39 is 0 Å². The second-order valence-electron chi connectivity index (χ2n) is 2.14. The summed E-state index contributed by atoms with van der Waals surface area (Å²) in [4.78, 5) is 10.8. The van der Waals surface area contributed by atoms with Crippen molar-refractivity contribution in [1.29, 1.82) is 0 Å². The maximum absolute atomic E-state index is 10.8. The number of ketones is 1. The lowest BCUT2D eigenvalue weighted by molar-refractivity contribution is 0.101. The molecule has 0 aliphatic rings. The van der Waals surface area contributed by atoms with Gasteiger partial charge in [-0.3, -0.25) is 4.79 Å². The lowest BCUT2D eigenvalue weighted by atomic mass is 10.2. The van der Waals surface area contributed by atoms with E-state index in [1.54, 1.807) is 13.0 Å². The van der Waals surface area contributed by atoms with Crippen molar-refractivity contribution >= 4 is 17.1 Å². The van der Waals surface area contributed by atoms with E-state index in [4.69, 9.17) is 4.74 Å². The molecular formula is C8H10O2S. The number of hydrogen-bond acceptors (Lipinski definition) is 3. The van der Waals surface area contributed by atoms with Crippen LogP contribution >= 0.6 is 11.3 Å². The van der Waals surface area contributed by atoms with Crippen LogP contribution in [0, 0.1) is 0 Å². The van der Waals surface area contributed by atoms with Crippen LogP contribution in [0.1, 0.15) is 24.2 Å². The van der Waals surface area contributed by atoms with Crippen LogP contribution in [0.2, 0.25) is 0 Å². The molecule has 0 aromatic carbocycles. The normalized spacial score (nSPS) is 9.64. The van der Waals surface area contributed by atoms with E-state index in [9.17, 15) is 4.79 Å². The summed E-state index contributed by atoms with van der Waals surface area (Å²) < 4.78 is 5.20. The molecule has 0 unspecified atom stereocenters. The number of thiophene rings is 1. The maximum Gasteiger partial charge on any atom is 0.174 e. The molecule has 1 heterocycles. The van der Waals surface area contributed by atoms with Gasteiger partial charge in [0.05, 0.1) is 6.61 Å². The van der Waals surface area contributed by atoms with Gasteiger partial charge in [-0.25, -0.2) is 0 Å². The Bertz CT molecular complexity index is 252. The second-order valence-corrected chi connectivity index (χ2v) is 3.02. The topological polar surface area (TPSA) is 26.3 Å². The Labute approximate surface area is 69.8 Å². The minimum absolute atomic E-state index is 0.0900. The summed E-state index contributed by atoms with van der Waals surface area (Å²) in [7, 11) is 0. The number of carbonyl (C=O) groups excluding carboxylic acids is 1. The van der Waals surface area contributed by atoms with Gasteiger partial charge in [-0.05, 0) is 13.8 Å². The molecule has 3 heteroatoms. The van der Waals surface area contributed by atoms with Crippen molar-refractivity contribution in [3.05, 3.63) is 17.0 Å². The minimum atomic E-state index is 0.0900. The van der Waals surface area contributed by atoms with Crippen molar-refractivity contribution in [3.8, 4) is 5.06 Å². The Balaban J connectivity index is 2.73. The van der Waals surface area contributed by atoms with E-state index in [2.05, 4.69) is 0 Å². The van der Waals surface area contributed by atoms with Crippen LogP contribution in [0.4, 0.5) is 0 Å². The Hall–Kier alpha value is -0.830. The number of ether oxygens (including phenoxy) is 1. The first-order valence-electron chi connectivity index (χ1n) is 3.46. The fraction of sp³-hybridized carbons (Fsp3) is 0.375. The van der Waals surface area contributed by atoms with E-state index in [1.807, 2.05) is 12.3 Å². The van der Waals surface area contributed by atoms with Crippen LogP contribution in [-0.4, -0.2) is 12.4 Å². The molecular weight excluding hydrogens is 160 g/mol. The van der Waals surface area contributed by atoms with Crippen molar-refractivity contribution in [2.75, 3.05) is 6.61 Å². The summed E-state index contributed by atoms with van der Waals surface area (Å²) in [6, 6.07) is 1.77. The molecule has 0 radical (unpaired) electrons. The van der Waals surface area contributed by atoms with Crippen LogP contribution < -0.4 is 4.74 Å². The van der Waals surface area contributed by atoms with Crippen LogP contribution in [0.15, 0.2) is 11.4 Å². The van der Waals surface area contributed by atoms with E-state index in [-0.39, 0.29) is 5.78 Å². The molecule has 0 fully saturated rings. The van der Waals surface area contributed by atoms with Crippen LogP contribution in [0.25, 0.3) is 0 Å². The first-order chi connectivity index (χ1) is 5.24. The summed E-state index contributed by atoms with van der Waals surface area (Å²) in [5.41, 5.74) is 0.735. The highest BCUT2D eigenvalue weighted by molar-refractivity contribution is 7.12. The van der Waals surface area contributed by atoms with Gasteiger partial charge < -0.3 is 4.74 Å². The Morgan fingerprint density at radius 1 is 1.73 bits per heavy atom. The maximum atomic E-state index is 10.8. The van der Waals surface area contributed by atoms with Gasteiger partial charge in [0.15, 0.2) is 10.8 Å². The van der Waals surface area contributed by atoms with Gasteiger partial charge in [-0.15, -0.1) is 11.3 Å². The zero-order chi connectivity index (χ0) is 8.27. The first kappa shape index (κ1) is 8.27. The predicted octanol–water partition coefficient (Wildman–Crippen LogP) is 2.35. The van der Waals surface area contributed by atoms with Crippen LogP contribution in [0.5, 0.6) is 5.06 Å². The summed E-state index contributed by atoms with van der Waals surface area (Å²) in [6.45, 7) is 4.13. The molecule has 0 spiro atoms. The number of Topliss-reactive ketones (excluding diaryl/α,β-unsaturated/α-hetero) is 1. The van der Waals surface area contributed by atoms with E-state index in [0.717, 1.165) is 10.6 Å². The lowest BCUT2D eigenvalue weighted by Gasteiger charge is -1.94. The highest BCUT2D eigenvalue weighted by Crippen LogP contribution is 2.22. The Kier molecular flexibility index (Phi) is 2.65. The van der Waals surface area contributed by atoms with E-state index in [1.165, 1.54) is 11.3 Å². The second kappa shape index (κ2) is 3.53. The van der Waals surface area contributed by atoms with Crippen molar-refractivity contribution in [3.63, 3.8) is 0 Å². The lowest BCUT2D eigenvalue weighted by Crippen LogP contribution is -1.89. The quantitative estimate of drug-likeness (QED) is 0.651. The molecule has 0 aliphatic heterocycles. The Morgan fingerprint density at radius 2 is 2.45 bits per heavy atom. The first-order valence-corrected chi connectivity index (χ1v) is 4.34. The number of hydrogen-bond donors (Lipinski definition) is 0. The molecule has 0 saturated carbocycles. The van der Waals surface area contributed by atoms with Crippen LogP contribution in [0.3, 0.4) is 0 Å². The van der Waals surface area contributed by atoms with Crippen molar-refractivity contribution in [2.45, 2.75) is 13.8 Å². The van der Waals surface area contributed by atoms with Gasteiger partial charge in [-0.1, -0.05) is 0 Å². The fourth-order valence-corrected chi connectivity index (χ4v) is 1.58.